The highest BCUT2D eigenvalue weighted by atomic mass is 32.1. The zero-order valence-corrected chi connectivity index (χ0v) is 8.91. The SMILES string of the molecule is CCCCCCc1cc(C)cs1. The third-order valence-corrected chi connectivity index (χ3v) is 3.18. The van der Waals surface area contributed by atoms with Crippen molar-refractivity contribution in [1.29, 1.82) is 0 Å². The Hall–Kier alpha value is -0.300. The maximum Gasteiger partial charge on any atom is 0.00479 e. The van der Waals surface area contributed by atoms with Gasteiger partial charge in [-0.1, -0.05) is 26.2 Å². The molecule has 0 atom stereocenters. The summed E-state index contributed by atoms with van der Waals surface area (Å²) in [6, 6.07) is 2.32. The van der Waals surface area contributed by atoms with Crippen LogP contribution in [-0.4, -0.2) is 0 Å². The normalized spacial score (nSPS) is 10.5. The van der Waals surface area contributed by atoms with Crippen LogP contribution in [0.2, 0.25) is 0 Å². The first kappa shape index (κ1) is 9.79. The summed E-state index contributed by atoms with van der Waals surface area (Å²) in [5.74, 6) is 0. The molecule has 0 radical (unpaired) electrons. The minimum atomic E-state index is 1.29. The summed E-state index contributed by atoms with van der Waals surface area (Å²) in [5, 5.41) is 2.25. The Bertz CT molecular complexity index is 213. The molecule has 68 valence electrons. The van der Waals surface area contributed by atoms with E-state index in [4.69, 9.17) is 0 Å². The lowest BCUT2D eigenvalue weighted by molar-refractivity contribution is 0.670. The van der Waals surface area contributed by atoms with Crippen LogP contribution in [0.1, 0.15) is 43.0 Å². The zero-order valence-electron chi connectivity index (χ0n) is 8.10. The minimum Gasteiger partial charge on any atom is -0.149 e. The molecular formula is C11H18S. The molecule has 1 heterocycles. The maximum absolute atomic E-state index is 2.32. The molecule has 0 unspecified atom stereocenters. The van der Waals surface area contributed by atoms with E-state index in [1.54, 1.807) is 4.88 Å². The molecule has 0 saturated heterocycles. The van der Waals surface area contributed by atoms with Gasteiger partial charge in [0, 0.05) is 4.88 Å². The van der Waals surface area contributed by atoms with Crippen LogP contribution in [-0.2, 0) is 6.42 Å². The van der Waals surface area contributed by atoms with Gasteiger partial charge in [0.05, 0.1) is 0 Å². The Morgan fingerprint density at radius 3 is 2.67 bits per heavy atom. The van der Waals surface area contributed by atoms with E-state index in [0.717, 1.165) is 0 Å². The van der Waals surface area contributed by atoms with Crippen molar-refractivity contribution in [3.05, 3.63) is 21.9 Å². The number of thiophene rings is 1. The number of hydrogen-bond acceptors (Lipinski definition) is 1. The van der Waals surface area contributed by atoms with Crippen molar-refractivity contribution in [3.8, 4) is 0 Å². The van der Waals surface area contributed by atoms with Gasteiger partial charge in [-0.15, -0.1) is 11.3 Å². The van der Waals surface area contributed by atoms with Gasteiger partial charge in [0.25, 0.3) is 0 Å². The van der Waals surface area contributed by atoms with Gasteiger partial charge in [0.2, 0.25) is 0 Å². The monoisotopic (exact) mass is 182 g/mol. The summed E-state index contributed by atoms with van der Waals surface area (Å²) in [7, 11) is 0. The van der Waals surface area contributed by atoms with E-state index in [0.29, 0.717) is 0 Å². The molecule has 0 bridgehead atoms. The highest BCUT2D eigenvalue weighted by Gasteiger charge is 1.95. The molecule has 1 heteroatoms. The molecule has 12 heavy (non-hydrogen) atoms. The van der Waals surface area contributed by atoms with Crippen molar-refractivity contribution < 1.29 is 0 Å². The third-order valence-electron chi connectivity index (χ3n) is 2.06. The van der Waals surface area contributed by atoms with Crippen LogP contribution >= 0.6 is 11.3 Å². The largest absolute Gasteiger partial charge is 0.149 e. The molecule has 0 saturated carbocycles. The van der Waals surface area contributed by atoms with Gasteiger partial charge >= 0.3 is 0 Å². The molecule has 0 aliphatic carbocycles. The van der Waals surface area contributed by atoms with E-state index in [-0.39, 0.29) is 0 Å². The van der Waals surface area contributed by atoms with E-state index in [2.05, 4.69) is 25.3 Å². The van der Waals surface area contributed by atoms with Crippen LogP contribution in [0.3, 0.4) is 0 Å². The van der Waals surface area contributed by atoms with Gasteiger partial charge in [-0.2, -0.15) is 0 Å². The highest BCUT2D eigenvalue weighted by Crippen LogP contribution is 2.16. The Kier molecular flexibility index (Phi) is 4.37. The van der Waals surface area contributed by atoms with Crippen LogP contribution in [0.15, 0.2) is 11.4 Å². The van der Waals surface area contributed by atoms with Crippen LogP contribution in [0.5, 0.6) is 0 Å². The minimum absolute atomic E-state index is 1.29. The van der Waals surface area contributed by atoms with Gasteiger partial charge in [-0.3, -0.25) is 0 Å². The Morgan fingerprint density at radius 1 is 1.25 bits per heavy atom. The van der Waals surface area contributed by atoms with Crippen molar-refractivity contribution in [2.75, 3.05) is 0 Å². The second kappa shape index (κ2) is 5.36. The average Bonchev–Trinajstić information content (AvgIpc) is 2.45. The molecule has 0 spiro atoms. The first-order valence-corrected chi connectivity index (χ1v) is 5.75. The van der Waals surface area contributed by atoms with Gasteiger partial charge in [-0.05, 0) is 36.8 Å². The van der Waals surface area contributed by atoms with Crippen LogP contribution in [0.4, 0.5) is 0 Å². The van der Waals surface area contributed by atoms with Crippen molar-refractivity contribution in [1.82, 2.24) is 0 Å². The standard InChI is InChI=1S/C11H18S/c1-3-4-5-6-7-11-8-10(2)9-12-11/h8-9H,3-7H2,1-2H3. The molecular weight excluding hydrogens is 164 g/mol. The van der Waals surface area contributed by atoms with Gasteiger partial charge in [0.1, 0.15) is 0 Å². The number of rotatable bonds is 5. The Balaban J connectivity index is 2.15. The van der Waals surface area contributed by atoms with E-state index in [1.807, 2.05) is 11.3 Å². The van der Waals surface area contributed by atoms with Gasteiger partial charge in [-0.25, -0.2) is 0 Å². The summed E-state index contributed by atoms with van der Waals surface area (Å²) >= 11 is 1.91. The lowest BCUT2D eigenvalue weighted by Gasteiger charge is -1.96. The summed E-state index contributed by atoms with van der Waals surface area (Å²) in [6.45, 7) is 4.43. The fourth-order valence-corrected chi connectivity index (χ4v) is 2.27. The van der Waals surface area contributed by atoms with Crippen molar-refractivity contribution >= 4 is 11.3 Å². The van der Waals surface area contributed by atoms with Crippen LogP contribution < -0.4 is 0 Å². The summed E-state index contributed by atoms with van der Waals surface area (Å²) in [5.41, 5.74) is 1.42. The lowest BCUT2D eigenvalue weighted by Crippen LogP contribution is -1.80. The molecule has 0 fully saturated rings. The van der Waals surface area contributed by atoms with Crippen molar-refractivity contribution in [2.45, 2.75) is 46.0 Å². The molecule has 0 aliphatic rings. The average molecular weight is 182 g/mol. The maximum atomic E-state index is 2.32. The molecule has 0 nitrogen and oxygen atoms in total. The summed E-state index contributed by atoms with van der Waals surface area (Å²) in [4.78, 5) is 1.56. The van der Waals surface area contributed by atoms with E-state index < -0.39 is 0 Å². The molecule has 1 aromatic heterocycles. The fraction of sp³-hybridized carbons (Fsp3) is 0.636. The first-order chi connectivity index (χ1) is 5.83. The van der Waals surface area contributed by atoms with Crippen LogP contribution in [0, 0.1) is 6.92 Å². The molecule has 0 aromatic carbocycles. The molecule has 0 N–H and O–H groups in total. The van der Waals surface area contributed by atoms with Crippen molar-refractivity contribution in [2.24, 2.45) is 0 Å². The first-order valence-electron chi connectivity index (χ1n) is 4.87. The zero-order chi connectivity index (χ0) is 8.81. The third kappa shape index (κ3) is 3.40. The Labute approximate surface area is 79.6 Å². The predicted molar refractivity (Wildman–Crippen MR) is 56.9 cm³/mol. The van der Waals surface area contributed by atoms with E-state index in [9.17, 15) is 0 Å². The second-order valence-electron chi connectivity index (χ2n) is 3.40. The quantitative estimate of drug-likeness (QED) is 0.599. The molecule has 1 rings (SSSR count). The summed E-state index contributed by atoms with van der Waals surface area (Å²) < 4.78 is 0. The Morgan fingerprint density at radius 2 is 2.08 bits per heavy atom. The van der Waals surface area contributed by atoms with E-state index in [1.165, 1.54) is 37.7 Å². The molecule has 0 aliphatic heterocycles. The lowest BCUT2D eigenvalue weighted by atomic mass is 10.1. The number of unbranched alkanes of at least 4 members (excludes halogenated alkanes) is 3. The second-order valence-corrected chi connectivity index (χ2v) is 4.40. The van der Waals surface area contributed by atoms with E-state index >= 15 is 0 Å². The highest BCUT2D eigenvalue weighted by molar-refractivity contribution is 7.10. The number of aryl methyl sites for hydroxylation is 2. The molecule has 0 amide bonds. The number of hydrogen-bond donors (Lipinski definition) is 0. The summed E-state index contributed by atoms with van der Waals surface area (Å²) in [6.07, 6.45) is 6.79. The predicted octanol–water partition coefficient (Wildman–Crippen LogP) is 4.18. The van der Waals surface area contributed by atoms with Crippen LogP contribution in [0.25, 0.3) is 0 Å². The molecule has 1 aromatic rings. The fourth-order valence-electron chi connectivity index (χ4n) is 1.35. The van der Waals surface area contributed by atoms with Crippen molar-refractivity contribution in [3.63, 3.8) is 0 Å². The topological polar surface area (TPSA) is 0 Å². The smallest absolute Gasteiger partial charge is 0.00479 e. The van der Waals surface area contributed by atoms with Gasteiger partial charge < -0.3 is 0 Å². The van der Waals surface area contributed by atoms with Gasteiger partial charge in [0.15, 0.2) is 0 Å².